The number of aryl methyl sites for hydroxylation is 1. The topological polar surface area (TPSA) is 116 Å². The first kappa shape index (κ1) is 21.3. The van der Waals surface area contributed by atoms with Gasteiger partial charge in [-0.3, -0.25) is 18.7 Å². The highest BCUT2D eigenvalue weighted by Crippen LogP contribution is 2.21. The molecule has 0 saturated carbocycles. The first-order chi connectivity index (χ1) is 13.5. The number of carbonyl (C=O) groups excluding carboxylic acids is 1. The number of likely N-dealkylation sites (tertiary alicyclic amines) is 1. The molecule has 160 valence electrons. The van der Waals surface area contributed by atoms with E-state index in [1.165, 1.54) is 29.6 Å². The number of aromatic nitrogens is 4. The van der Waals surface area contributed by atoms with Crippen LogP contribution in [-0.4, -0.2) is 62.0 Å². The first-order valence-corrected chi connectivity index (χ1v) is 11.3. The van der Waals surface area contributed by atoms with E-state index in [-0.39, 0.29) is 35.3 Å². The van der Waals surface area contributed by atoms with Crippen LogP contribution in [0.5, 0.6) is 0 Å². The van der Waals surface area contributed by atoms with Crippen molar-refractivity contribution < 1.29 is 13.2 Å². The average Bonchev–Trinajstić information content (AvgIpc) is 3.07. The van der Waals surface area contributed by atoms with E-state index in [1.807, 2.05) is 13.8 Å². The second kappa shape index (κ2) is 7.77. The summed E-state index contributed by atoms with van der Waals surface area (Å²) in [4.78, 5) is 43.0. The summed E-state index contributed by atoms with van der Waals surface area (Å²) in [6.45, 7) is 4.40. The maximum absolute atomic E-state index is 12.7. The van der Waals surface area contributed by atoms with Gasteiger partial charge in [0.25, 0.3) is 5.56 Å². The van der Waals surface area contributed by atoms with Crippen LogP contribution in [0.3, 0.4) is 0 Å². The van der Waals surface area contributed by atoms with E-state index in [4.69, 9.17) is 0 Å². The highest BCUT2D eigenvalue weighted by Gasteiger charge is 2.32. The van der Waals surface area contributed by atoms with Crippen LogP contribution >= 0.6 is 0 Å². The monoisotopic (exact) mass is 425 g/mol. The van der Waals surface area contributed by atoms with Gasteiger partial charge in [-0.1, -0.05) is 13.8 Å². The van der Waals surface area contributed by atoms with Crippen LogP contribution in [0.1, 0.15) is 26.7 Å². The van der Waals surface area contributed by atoms with Gasteiger partial charge in [0.2, 0.25) is 5.91 Å². The second-order valence-electron chi connectivity index (χ2n) is 8.05. The van der Waals surface area contributed by atoms with E-state index in [1.54, 1.807) is 4.90 Å². The molecular formula is C18H27N5O5S. The van der Waals surface area contributed by atoms with Crippen LogP contribution in [0.15, 0.2) is 15.9 Å². The first-order valence-electron chi connectivity index (χ1n) is 9.63. The largest absolute Gasteiger partial charge is 0.341 e. The van der Waals surface area contributed by atoms with Crippen LogP contribution in [0.2, 0.25) is 0 Å². The lowest BCUT2D eigenvalue weighted by atomic mass is 10.1. The molecule has 0 unspecified atom stereocenters. The lowest BCUT2D eigenvalue weighted by Gasteiger charge is -2.32. The summed E-state index contributed by atoms with van der Waals surface area (Å²) in [5.41, 5.74) is -0.572. The molecule has 1 aliphatic heterocycles. The van der Waals surface area contributed by atoms with Gasteiger partial charge in [0.05, 0.1) is 17.3 Å². The molecule has 10 nitrogen and oxygen atoms in total. The Morgan fingerprint density at radius 2 is 1.79 bits per heavy atom. The van der Waals surface area contributed by atoms with Crippen molar-refractivity contribution in [3.05, 3.63) is 27.2 Å². The molecule has 1 aliphatic rings. The Bertz CT molecular complexity index is 1150. The third kappa shape index (κ3) is 4.00. The van der Waals surface area contributed by atoms with E-state index in [0.717, 1.165) is 4.57 Å². The number of hydrogen-bond acceptors (Lipinski definition) is 6. The van der Waals surface area contributed by atoms with E-state index in [9.17, 15) is 22.8 Å². The maximum atomic E-state index is 12.7. The van der Waals surface area contributed by atoms with Crippen molar-refractivity contribution in [2.24, 2.45) is 20.0 Å². The lowest BCUT2D eigenvalue weighted by Crippen LogP contribution is -2.44. The molecule has 0 aromatic carbocycles. The number of fused-ring (bicyclic) bond motifs is 1. The van der Waals surface area contributed by atoms with Crippen LogP contribution in [-0.2, 0) is 35.3 Å². The fraction of sp³-hybridized carbons (Fsp3) is 0.667. The summed E-state index contributed by atoms with van der Waals surface area (Å²) in [5.74, 6) is 0.0296. The summed E-state index contributed by atoms with van der Waals surface area (Å²) < 4.78 is 28.5. The normalized spacial score (nSPS) is 16.1. The van der Waals surface area contributed by atoms with Gasteiger partial charge in [-0.2, -0.15) is 0 Å². The predicted molar refractivity (Wildman–Crippen MR) is 108 cm³/mol. The molecule has 0 radical (unpaired) electrons. The number of nitrogens with zero attached hydrogens (tertiary/aromatic N) is 5. The molecule has 1 fully saturated rings. The van der Waals surface area contributed by atoms with Crippen molar-refractivity contribution in [1.29, 1.82) is 0 Å². The van der Waals surface area contributed by atoms with Gasteiger partial charge >= 0.3 is 5.69 Å². The number of amides is 1. The van der Waals surface area contributed by atoms with Crippen LogP contribution < -0.4 is 11.2 Å². The molecule has 3 heterocycles. The SMILES string of the molecule is CC(C)CS(=O)(=O)C1CCN(C(=O)Cn2cnc3c2c(=O)n(C)c(=O)n3C)CC1. The zero-order chi connectivity index (χ0) is 21.5. The Kier molecular flexibility index (Phi) is 5.70. The van der Waals surface area contributed by atoms with Crippen molar-refractivity contribution >= 4 is 26.9 Å². The fourth-order valence-corrected chi connectivity index (χ4v) is 5.96. The standard InChI is InChI=1S/C18H27N5O5S/c1-12(2)10-29(27,28)13-5-7-22(8-6-13)14(24)9-23-11-19-16-15(23)17(25)21(4)18(26)20(16)3/h11-13H,5-10H2,1-4H3. The second-order valence-corrected chi connectivity index (χ2v) is 10.4. The molecule has 0 atom stereocenters. The van der Waals surface area contributed by atoms with Gasteiger partial charge in [-0.05, 0) is 18.8 Å². The number of carbonyl (C=O) groups is 1. The zero-order valence-electron chi connectivity index (χ0n) is 17.2. The maximum Gasteiger partial charge on any atom is 0.332 e. The summed E-state index contributed by atoms with van der Waals surface area (Å²) in [6, 6.07) is 0. The van der Waals surface area contributed by atoms with Gasteiger partial charge in [-0.15, -0.1) is 0 Å². The zero-order valence-corrected chi connectivity index (χ0v) is 18.0. The summed E-state index contributed by atoms with van der Waals surface area (Å²) in [7, 11) is -0.259. The van der Waals surface area contributed by atoms with Crippen molar-refractivity contribution in [2.75, 3.05) is 18.8 Å². The minimum atomic E-state index is -3.16. The van der Waals surface area contributed by atoms with Crippen LogP contribution in [0.25, 0.3) is 11.2 Å². The Balaban J connectivity index is 1.74. The molecule has 1 saturated heterocycles. The smallest absolute Gasteiger partial charge is 0.332 e. The lowest BCUT2D eigenvalue weighted by molar-refractivity contribution is -0.132. The van der Waals surface area contributed by atoms with E-state index in [2.05, 4.69) is 4.98 Å². The number of imidazole rings is 1. The van der Waals surface area contributed by atoms with E-state index >= 15 is 0 Å². The molecule has 0 spiro atoms. The number of sulfone groups is 1. The Morgan fingerprint density at radius 3 is 2.38 bits per heavy atom. The van der Waals surface area contributed by atoms with E-state index in [0.29, 0.717) is 25.9 Å². The molecule has 1 amide bonds. The van der Waals surface area contributed by atoms with Gasteiger partial charge in [0.1, 0.15) is 6.54 Å². The molecule has 0 N–H and O–H groups in total. The van der Waals surface area contributed by atoms with Gasteiger partial charge in [0, 0.05) is 27.2 Å². The minimum absolute atomic E-state index is 0.0766. The Hall–Kier alpha value is -2.43. The molecule has 2 aromatic heterocycles. The van der Waals surface area contributed by atoms with Crippen LogP contribution in [0.4, 0.5) is 0 Å². The van der Waals surface area contributed by atoms with Gasteiger partial charge in [-0.25, -0.2) is 18.2 Å². The van der Waals surface area contributed by atoms with Crippen LogP contribution in [0, 0.1) is 5.92 Å². The Labute approximate surface area is 168 Å². The minimum Gasteiger partial charge on any atom is -0.341 e. The third-order valence-electron chi connectivity index (χ3n) is 5.39. The molecule has 0 aliphatic carbocycles. The predicted octanol–water partition coefficient (Wildman–Crippen LogP) is -0.504. The van der Waals surface area contributed by atoms with Crippen molar-refractivity contribution in [2.45, 2.75) is 38.5 Å². The third-order valence-corrected chi connectivity index (χ3v) is 8.01. The number of rotatable bonds is 5. The average molecular weight is 426 g/mol. The number of hydrogen-bond donors (Lipinski definition) is 0. The number of piperidine rings is 1. The Morgan fingerprint density at radius 1 is 1.17 bits per heavy atom. The van der Waals surface area contributed by atoms with E-state index < -0.39 is 26.3 Å². The van der Waals surface area contributed by atoms with Crippen molar-refractivity contribution in [3.8, 4) is 0 Å². The van der Waals surface area contributed by atoms with Crippen molar-refractivity contribution in [1.82, 2.24) is 23.6 Å². The van der Waals surface area contributed by atoms with Gasteiger partial charge < -0.3 is 9.47 Å². The summed E-state index contributed by atoms with van der Waals surface area (Å²) in [5, 5.41) is -0.412. The molecule has 3 rings (SSSR count). The fourth-order valence-electron chi connectivity index (χ4n) is 3.83. The summed E-state index contributed by atoms with van der Waals surface area (Å²) >= 11 is 0. The highest BCUT2D eigenvalue weighted by molar-refractivity contribution is 7.92. The molecule has 0 bridgehead atoms. The molecular weight excluding hydrogens is 398 g/mol. The quantitative estimate of drug-likeness (QED) is 0.637. The van der Waals surface area contributed by atoms with Crippen molar-refractivity contribution in [3.63, 3.8) is 0 Å². The molecule has 29 heavy (non-hydrogen) atoms. The van der Waals surface area contributed by atoms with Gasteiger partial charge in [0.15, 0.2) is 21.0 Å². The molecule has 2 aromatic rings. The molecule has 11 heteroatoms. The highest BCUT2D eigenvalue weighted by atomic mass is 32.2. The summed E-state index contributed by atoms with van der Waals surface area (Å²) in [6.07, 6.45) is 2.22.